The summed E-state index contributed by atoms with van der Waals surface area (Å²) < 4.78 is 0. The number of thiazole rings is 1. The van der Waals surface area contributed by atoms with Crippen molar-refractivity contribution >= 4 is 40.2 Å². The van der Waals surface area contributed by atoms with Crippen molar-refractivity contribution in [3.63, 3.8) is 0 Å². The van der Waals surface area contributed by atoms with Crippen molar-refractivity contribution in [1.82, 2.24) is 4.98 Å². The lowest BCUT2D eigenvalue weighted by atomic mass is 10.2. The van der Waals surface area contributed by atoms with Gasteiger partial charge in [0.1, 0.15) is 0 Å². The highest BCUT2D eigenvalue weighted by Crippen LogP contribution is 2.24. The Labute approximate surface area is 149 Å². The molecule has 3 nitrogen and oxygen atoms in total. The third-order valence-corrected chi connectivity index (χ3v) is 4.99. The number of rotatable bonds is 6. The predicted molar refractivity (Wildman–Crippen MR) is 102 cm³/mol. The van der Waals surface area contributed by atoms with Gasteiger partial charge in [-0.2, -0.15) is 0 Å². The van der Waals surface area contributed by atoms with Crippen LogP contribution in [-0.4, -0.2) is 10.9 Å². The van der Waals surface area contributed by atoms with Crippen molar-refractivity contribution in [1.29, 1.82) is 0 Å². The number of thioether (sulfide) groups is 1. The van der Waals surface area contributed by atoms with E-state index >= 15 is 0 Å². The highest BCUT2D eigenvalue weighted by atomic mass is 32.2. The van der Waals surface area contributed by atoms with E-state index in [0.29, 0.717) is 5.13 Å². The van der Waals surface area contributed by atoms with Gasteiger partial charge in [-0.25, -0.2) is 4.98 Å². The molecule has 3 aromatic rings. The number of amides is 1. The van der Waals surface area contributed by atoms with Gasteiger partial charge in [0.05, 0.1) is 5.69 Å². The van der Waals surface area contributed by atoms with E-state index in [1.165, 1.54) is 22.3 Å². The van der Waals surface area contributed by atoms with Gasteiger partial charge in [0.15, 0.2) is 5.13 Å². The van der Waals surface area contributed by atoms with E-state index < -0.39 is 0 Å². The molecule has 5 heteroatoms. The topological polar surface area (TPSA) is 42.0 Å². The smallest absolute Gasteiger partial charge is 0.250 e. The molecule has 0 aliphatic heterocycles. The maximum Gasteiger partial charge on any atom is 0.250 e. The molecule has 120 valence electrons. The average molecular weight is 352 g/mol. The number of anilines is 1. The fraction of sp³-hybridized carbons (Fsp3) is 0.0526. The van der Waals surface area contributed by atoms with E-state index in [1.807, 2.05) is 53.9 Å². The maximum absolute atomic E-state index is 11.9. The summed E-state index contributed by atoms with van der Waals surface area (Å²) in [6.07, 6.45) is 3.31. The molecule has 0 bridgehead atoms. The zero-order valence-corrected chi connectivity index (χ0v) is 14.5. The molecule has 3 rings (SSSR count). The van der Waals surface area contributed by atoms with Crippen LogP contribution >= 0.6 is 23.1 Å². The molecule has 1 aromatic heterocycles. The molecule has 1 N–H and O–H groups in total. The van der Waals surface area contributed by atoms with Crippen molar-refractivity contribution in [2.75, 3.05) is 5.32 Å². The van der Waals surface area contributed by atoms with Gasteiger partial charge in [-0.15, -0.1) is 23.1 Å². The van der Waals surface area contributed by atoms with Gasteiger partial charge < -0.3 is 0 Å². The summed E-state index contributed by atoms with van der Waals surface area (Å²) in [5, 5.41) is 5.41. The van der Waals surface area contributed by atoms with Crippen LogP contribution < -0.4 is 5.32 Å². The fourth-order valence-corrected chi connectivity index (χ4v) is 3.62. The number of carbonyl (C=O) groups excluding carboxylic acids is 1. The Morgan fingerprint density at radius 2 is 1.79 bits per heavy atom. The summed E-state index contributed by atoms with van der Waals surface area (Å²) in [5.74, 6) is 0.617. The molecule has 0 aliphatic rings. The highest BCUT2D eigenvalue weighted by Gasteiger charge is 2.05. The van der Waals surface area contributed by atoms with E-state index in [0.717, 1.165) is 17.0 Å². The molecule has 0 spiro atoms. The minimum atomic E-state index is -0.171. The molecular weight excluding hydrogens is 336 g/mol. The van der Waals surface area contributed by atoms with Crippen molar-refractivity contribution < 1.29 is 4.79 Å². The van der Waals surface area contributed by atoms with Crippen LogP contribution in [-0.2, 0) is 10.5 Å². The van der Waals surface area contributed by atoms with E-state index in [9.17, 15) is 4.79 Å². The molecule has 0 saturated carbocycles. The second-order valence-electron chi connectivity index (χ2n) is 4.98. The quantitative estimate of drug-likeness (QED) is 0.496. The second-order valence-corrected chi connectivity index (χ2v) is 6.89. The number of benzene rings is 2. The van der Waals surface area contributed by atoms with Gasteiger partial charge in [0.2, 0.25) is 5.91 Å². The molecule has 1 heterocycles. The van der Waals surface area contributed by atoms with Crippen LogP contribution in [0.2, 0.25) is 0 Å². The Morgan fingerprint density at radius 3 is 2.54 bits per heavy atom. The first-order chi connectivity index (χ1) is 11.8. The van der Waals surface area contributed by atoms with Gasteiger partial charge >= 0.3 is 0 Å². The minimum absolute atomic E-state index is 0.171. The van der Waals surface area contributed by atoms with Gasteiger partial charge in [0.25, 0.3) is 0 Å². The Morgan fingerprint density at radius 1 is 1.08 bits per heavy atom. The van der Waals surface area contributed by atoms with Crippen molar-refractivity contribution in [3.8, 4) is 0 Å². The normalized spacial score (nSPS) is 10.8. The van der Waals surface area contributed by atoms with E-state index in [-0.39, 0.29) is 5.91 Å². The predicted octanol–water partition coefficient (Wildman–Crippen LogP) is 5.09. The number of aromatic nitrogens is 1. The van der Waals surface area contributed by atoms with Crippen LogP contribution in [0.3, 0.4) is 0 Å². The molecule has 0 radical (unpaired) electrons. The molecule has 0 aliphatic carbocycles. The van der Waals surface area contributed by atoms with Crippen LogP contribution in [0.5, 0.6) is 0 Å². The summed E-state index contributed by atoms with van der Waals surface area (Å²) >= 11 is 3.18. The zero-order chi connectivity index (χ0) is 16.6. The van der Waals surface area contributed by atoms with Crippen molar-refractivity contribution in [3.05, 3.63) is 83.4 Å². The summed E-state index contributed by atoms with van der Waals surface area (Å²) in [6, 6.07) is 19.9. The molecule has 0 fully saturated rings. The van der Waals surface area contributed by atoms with Crippen LogP contribution in [0.25, 0.3) is 6.08 Å². The fourth-order valence-electron chi connectivity index (χ4n) is 1.99. The third kappa shape index (κ3) is 5.08. The summed E-state index contributed by atoms with van der Waals surface area (Å²) in [7, 11) is 0. The Bertz CT molecular complexity index is 814. The van der Waals surface area contributed by atoms with E-state index in [2.05, 4.69) is 22.4 Å². The monoisotopic (exact) mass is 352 g/mol. The second kappa shape index (κ2) is 8.47. The number of hydrogen-bond acceptors (Lipinski definition) is 4. The van der Waals surface area contributed by atoms with Crippen molar-refractivity contribution in [2.45, 2.75) is 10.6 Å². The highest BCUT2D eigenvalue weighted by molar-refractivity contribution is 7.98. The average Bonchev–Trinajstić information content (AvgIpc) is 3.07. The standard InChI is InChI=1S/C19H16N2OS2/c22-18(12-11-15-7-3-1-4-8-15)21-19-20-16(14-24-19)13-23-17-9-5-2-6-10-17/h1-12,14H,13H2,(H,20,21,22)/b12-11+. The van der Waals surface area contributed by atoms with Crippen LogP contribution in [0.1, 0.15) is 11.3 Å². The molecule has 0 atom stereocenters. The SMILES string of the molecule is O=C(/C=C/c1ccccc1)Nc1nc(CSc2ccccc2)cs1. The lowest BCUT2D eigenvalue weighted by Gasteiger charge is -1.98. The lowest BCUT2D eigenvalue weighted by Crippen LogP contribution is -2.07. The third-order valence-electron chi connectivity index (χ3n) is 3.14. The lowest BCUT2D eigenvalue weighted by molar-refractivity contribution is -0.111. The van der Waals surface area contributed by atoms with Gasteiger partial charge in [0, 0.05) is 22.1 Å². The maximum atomic E-state index is 11.9. The Hall–Kier alpha value is -2.37. The van der Waals surface area contributed by atoms with Crippen LogP contribution in [0.15, 0.2) is 77.0 Å². The Balaban J connectivity index is 1.52. The summed E-state index contributed by atoms with van der Waals surface area (Å²) in [4.78, 5) is 17.6. The first-order valence-electron chi connectivity index (χ1n) is 7.46. The van der Waals surface area contributed by atoms with E-state index in [4.69, 9.17) is 0 Å². The summed E-state index contributed by atoms with van der Waals surface area (Å²) in [5.41, 5.74) is 1.96. The van der Waals surface area contributed by atoms with Crippen molar-refractivity contribution in [2.24, 2.45) is 0 Å². The number of carbonyl (C=O) groups is 1. The number of hydrogen-bond donors (Lipinski definition) is 1. The minimum Gasteiger partial charge on any atom is -0.298 e. The van der Waals surface area contributed by atoms with Crippen LogP contribution in [0.4, 0.5) is 5.13 Å². The van der Waals surface area contributed by atoms with Crippen LogP contribution in [0, 0.1) is 0 Å². The Kier molecular flexibility index (Phi) is 5.82. The number of nitrogens with zero attached hydrogens (tertiary/aromatic N) is 1. The molecule has 0 saturated heterocycles. The van der Waals surface area contributed by atoms with Gasteiger partial charge in [-0.3, -0.25) is 10.1 Å². The first-order valence-corrected chi connectivity index (χ1v) is 9.32. The number of nitrogens with one attached hydrogen (secondary N) is 1. The molecule has 1 amide bonds. The molecule has 24 heavy (non-hydrogen) atoms. The van der Waals surface area contributed by atoms with E-state index in [1.54, 1.807) is 17.8 Å². The first kappa shape index (κ1) is 16.5. The van der Waals surface area contributed by atoms with Gasteiger partial charge in [-0.05, 0) is 23.8 Å². The molecule has 2 aromatic carbocycles. The zero-order valence-electron chi connectivity index (χ0n) is 12.9. The van der Waals surface area contributed by atoms with Gasteiger partial charge in [-0.1, -0.05) is 48.5 Å². The largest absolute Gasteiger partial charge is 0.298 e. The molecular formula is C19H16N2OS2. The summed E-state index contributed by atoms with van der Waals surface area (Å²) in [6.45, 7) is 0. The molecule has 0 unspecified atom stereocenters.